The van der Waals surface area contributed by atoms with E-state index < -0.39 is 20.8 Å². The summed E-state index contributed by atoms with van der Waals surface area (Å²) < 4.78 is 0. The molecule has 0 bridgehead atoms. The Kier molecular flexibility index (Phi) is 12.4. The van der Waals surface area contributed by atoms with E-state index in [-0.39, 0.29) is 21.7 Å². The number of benzene rings is 4. The summed E-state index contributed by atoms with van der Waals surface area (Å²) in [5.41, 5.74) is 11.6. The molecule has 3 heteroatoms. The number of halogens is 2. The second kappa shape index (κ2) is 15.4. The zero-order chi connectivity index (χ0) is 36.4. The predicted molar refractivity (Wildman–Crippen MR) is 216 cm³/mol. The molecule has 6 aromatic carbocycles. The molecule has 0 aromatic heterocycles. The van der Waals surface area contributed by atoms with Crippen molar-refractivity contribution in [3.05, 3.63) is 131 Å². The van der Waals surface area contributed by atoms with E-state index in [4.69, 9.17) is 17.0 Å². The Morgan fingerprint density at radius 3 is 0.980 bits per heavy atom. The van der Waals surface area contributed by atoms with Crippen LogP contribution in [0.4, 0.5) is 0 Å². The molecule has 0 N–H and O–H groups in total. The molecular formula is C46H54Cl2Zr. The zero-order valence-electron chi connectivity index (χ0n) is 31.6. The fourth-order valence-electron chi connectivity index (χ4n) is 6.13. The normalized spacial score (nSPS) is 12.2. The van der Waals surface area contributed by atoms with Crippen molar-refractivity contribution in [1.82, 2.24) is 0 Å². The van der Waals surface area contributed by atoms with Crippen LogP contribution in [0.15, 0.2) is 109 Å². The van der Waals surface area contributed by atoms with Crippen molar-refractivity contribution in [2.24, 2.45) is 0 Å². The van der Waals surface area contributed by atoms with E-state index in [0.717, 1.165) is 0 Å². The van der Waals surface area contributed by atoms with Gasteiger partial charge in [0.25, 0.3) is 0 Å². The van der Waals surface area contributed by atoms with Crippen molar-refractivity contribution in [2.45, 2.75) is 105 Å². The van der Waals surface area contributed by atoms with Crippen LogP contribution in [0.25, 0.3) is 43.8 Å². The van der Waals surface area contributed by atoms with Gasteiger partial charge in [-0.15, -0.1) is 57.9 Å². The van der Waals surface area contributed by atoms with Gasteiger partial charge in [0.15, 0.2) is 0 Å². The Bertz CT molecular complexity index is 1780. The molecule has 256 valence electrons. The van der Waals surface area contributed by atoms with Crippen LogP contribution < -0.4 is 0 Å². The molecule has 0 saturated heterocycles. The van der Waals surface area contributed by atoms with Crippen molar-refractivity contribution >= 4 is 38.6 Å². The molecule has 0 nitrogen and oxygen atoms in total. The third-order valence-electron chi connectivity index (χ3n) is 9.31. The molecule has 0 spiro atoms. The molecule has 0 fully saturated rings. The Morgan fingerprint density at radius 2 is 0.714 bits per heavy atom. The van der Waals surface area contributed by atoms with Gasteiger partial charge in [-0.05, 0) is 55.0 Å². The second-order valence-electron chi connectivity index (χ2n) is 17.3. The Hall–Kier alpha value is -2.44. The van der Waals surface area contributed by atoms with E-state index in [1.807, 2.05) is 0 Å². The molecule has 0 saturated carbocycles. The summed E-state index contributed by atoms with van der Waals surface area (Å²) in [7, 11) is 9.87. The van der Waals surface area contributed by atoms with E-state index >= 15 is 0 Å². The predicted octanol–water partition coefficient (Wildman–Crippen LogP) is 15.0. The van der Waals surface area contributed by atoms with Crippen LogP contribution in [-0.4, -0.2) is 0 Å². The quantitative estimate of drug-likeness (QED) is 0.154. The van der Waals surface area contributed by atoms with E-state index in [0.29, 0.717) is 0 Å². The summed E-state index contributed by atoms with van der Waals surface area (Å²) in [4.78, 5) is 0. The summed E-state index contributed by atoms with van der Waals surface area (Å²) >= 11 is -0.826. The maximum atomic E-state index is 4.93. The van der Waals surface area contributed by atoms with Crippen LogP contribution in [0.1, 0.15) is 105 Å². The van der Waals surface area contributed by atoms with Crippen LogP contribution in [0.3, 0.4) is 0 Å². The third-order valence-corrected chi connectivity index (χ3v) is 9.31. The number of hydrogen-bond acceptors (Lipinski definition) is 0. The molecular weight excluding hydrogens is 715 g/mol. The van der Waals surface area contributed by atoms with Crippen LogP contribution in [-0.2, 0) is 42.5 Å². The topological polar surface area (TPSA) is 0 Å². The minimum absolute atomic E-state index is 0.149. The molecule has 0 amide bonds. The fraction of sp³-hybridized carbons (Fsp3) is 0.348. The van der Waals surface area contributed by atoms with E-state index in [1.165, 1.54) is 66.1 Å². The average Bonchev–Trinajstić information content (AvgIpc) is 3.69. The first-order valence-electron chi connectivity index (χ1n) is 17.3. The summed E-state index contributed by atoms with van der Waals surface area (Å²) in [5.74, 6) is 0. The first-order valence-corrected chi connectivity index (χ1v) is 23.6. The summed E-state index contributed by atoms with van der Waals surface area (Å²) in [5, 5.41) is 5.33. The number of rotatable bonds is 2. The standard InChI is InChI=1S/2C23H27.2ClH.Zr/c2*1-22(2,3)18-13-17(14-19(15-18)23(4,5)6)21-12-8-10-16-9-7-11-20(16)21;;;/h2*7-15H,1-6H3;2*1H;/q2*-1;;;+4/p-2. The first-order chi connectivity index (χ1) is 22.7. The van der Waals surface area contributed by atoms with Crippen LogP contribution in [0, 0.1) is 0 Å². The monoisotopic (exact) mass is 766 g/mol. The number of fused-ring (bicyclic) bond motifs is 2. The van der Waals surface area contributed by atoms with Gasteiger partial charge in [-0.1, -0.05) is 143 Å². The van der Waals surface area contributed by atoms with Gasteiger partial charge in [-0.25, -0.2) is 0 Å². The molecule has 0 radical (unpaired) electrons. The van der Waals surface area contributed by atoms with E-state index in [2.05, 4.69) is 192 Å². The summed E-state index contributed by atoms with van der Waals surface area (Å²) in [6.45, 7) is 27.5. The Labute approximate surface area is 315 Å². The van der Waals surface area contributed by atoms with Crippen molar-refractivity contribution in [3.63, 3.8) is 0 Å². The molecule has 0 aliphatic carbocycles. The molecule has 0 heterocycles. The van der Waals surface area contributed by atoms with Crippen LogP contribution in [0.2, 0.25) is 0 Å². The van der Waals surface area contributed by atoms with Gasteiger partial charge in [-0.2, -0.15) is 24.3 Å². The van der Waals surface area contributed by atoms with Gasteiger partial charge in [0, 0.05) is 0 Å². The molecule has 49 heavy (non-hydrogen) atoms. The maximum absolute atomic E-state index is 4.93. The van der Waals surface area contributed by atoms with E-state index in [9.17, 15) is 0 Å². The van der Waals surface area contributed by atoms with Crippen LogP contribution in [0.5, 0.6) is 0 Å². The molecule has 0 atom stereocenters. The molecule has 6 rings (SSSR count). The van der Waals surface area contributed by atoms with Crippen molar-refractivity contribution in [2.75, 3.05) is 0 Å². The SMILES string of the molecule is CC(C)(C)c1cc(-c2cccc3[cH-]ccc23)cc(C(C)(C)C)c1.CC(C)(C)c1cc(-c2cccc3[cH-]ccc23)cc(C(C)(C)C)c1.[Cl][Zr+2][Cl]. The zero-order valence-corrected chi connectivity index (χ0v) is 35.6. The average molecular weight is 769 g/mol. The molecule has 6 aromatic rings. The van der Waals surface area contributed by atoms with Gasteiger partial charge in [0.2, 0.25) is 0 Å². The van der Waals surface area contributed by atoms with Gasteiger partial charge < -0.3 is 0 Å². The summed E-state index contributed by atoms with van der Waals surface area (Å²) in [6, 6.07) is 40.6. The summed E-state index contributed by atoms with van der Waals surface area (Å²) in [6.07, 6.45) is 0. The van der Waals surface area contributed by atoms with Crippen molar-refractivity contribution in [1.29, 1.82) is 0 Å². The van der Waals surface area contributed by atoms with E-state index in [1.54, 1.807) is 0 Å². The Morgan fingerprint density at radius 1 is 0.429 bits per heavy atom. The van der Waals surface area contributed by atoms with Gasteiger partial charge in [0.05, 0.1) is 0 Å². The van der Waals surface area contributed by atoms with Gasteiger partial charge in [0.1, 0.15) is 0 Å². The molecule has 0 aliphatic heterocycles. The van der Waals surface area contributed by atoms with Crippen LogP contribution >= 0.6 is 17.0 Å². The third kappa shape index (κ3) is 9.88. The van der Waals surface area contributed by atoms with Crippen molar-refractivity contribution in [3.8, 4) is 22.3 Å². The van der Waals surface area contributed by atoms with Gasteiger partial charge >= 0.3 is 37.9 Å². The first kappa shape index (κ1) is 39.4. The minimum atomic E-state index is -0.826. The van der Waals surface area contributed by atoms with Crippen molar-refractivity contribution < 1.29 is 20.8 Å². The van der Waals surface area contributed by atoms with Gasteiger partial charge in [-0.3, -0.25) is 0 Å². The molecule has 0 unspecified atom stereocenters. The molecule has 0 aliphatic rings. The second-order valence-corrected chi connectivity index (χ2v) is 21.1. The Balaban J connectivity index is 0.000000205. The number of hydrogen-bond donors (Lipinski definition) is 0. The fourth-order valence-corrected chi connectivity index (χ4v) is 6.13.